The summed E-state index contributed by atoms with van der Waals surface area (Å²) < 4.78 is 10.9. The van der Waals surface area contributed by atoms with Gasteiger partial charge in [-0.25, -0.2) is 0 Å². The first-order valence-corrected chi connectivity index (χ1v) is 11.5. The molecule has 2 aliphatic heterocycles. The Bertz CT molecular complexity index is 965. The fourth-order valence-corrected chi connectivity index (χ4v) is 5.18. The molecule has 0 aliphatic carbocycles. The Labute approximate surface area is 195 Å². The summed E-state index contributed by atoms with van der Waals surface area (Å²) >= 11 is 0. The Kier molecular flexibility index (Phi) is 7.14. The van der Waals surface area contributed by atoms with Crippen molar-refractivity contribution in [2.75, 3.05) is 26.7 Å². The number of hydrogen-bond acceptors (Lipinski definition) is 5. The van der Waals surface area contributed by atoms with E-state index in [9.17, 15) is 9.59 Å². The first kappa shape index (κ1) is 23.1. The SMILES string of the molecule is C=CCN1C(=O)CC(C(=O)OC)C12CCN(Cc1ccc(OCc3ccccc3)cc1)CC2. The lowest BCUT2D eigenvalue weighted by atomic mass is 9.76. The van der Waals surface area contributed by atoms with Crippen LogP contribution in [0.2, 0.25) is 0 Å². The summed E-state index contributed by atoms with van der Waals surface area (Å²) in [5, 5.41) is 0. The number of carbonyl (C=O) groups is 2. The Balaban J connectivity index is 1.35. The molecule has 2 saturated heterocycles. The Morgan fingerprint density at radius 3 is 2.42 bits per heavy atom. The summed E-state index contributed by atoms with van der Waals surface area (Å²) in [6.07, 6.45) is 3.48. The van der Waals surface area contributed by atoms with E-state index in [1.54, 1.807) is 6.08 Å². The molecular weight excluding hydrogens is 416 g/mol. The molecule has 0 radical (unpaired) electrons. The van der Waals surface area contributed by atoms with E-state index in [4.69, 9.17) is 9.47 Å². The van der Waals surface area contributed by atoms with E-state index in [0.717, 1.165) is 43.8 Å². The second kappa shape index (κ2) is 10.2. The van der Waals surface area contributed by atoms with Crippen molar-refractivity contribution in [3.63, 3.8) is 0 Å². The zero-order valence-electron chi connectivity index (χ0n) is 19.2. The van der Waals surface area contributed by atoms with E-state index in [2.05, 4.69) is 35.7 Å². The van der Waals surface area contributed by atoms with Crippen LogP contribution < -0.4 is 4.74 Å². The van der Waals surface area contributed by atoms with Crippen LogP contribution in [0.3, 0.4) is 0 Å². The highest BCUT2D eigenvalue weighted by Crippen LogP contribution is 2.44. The monoisotopic (exact) mass is 448 g/mol. The van der Waals surface area contributed by atoms with E-state index in [-0.39, 0.29) is 18.3 Å². The number of esters is 1. The molecule has 174 valence electrons. The van der Waals surface area contributed by atoms with Gasteiger partial charge >= 0.3 is 5.97 Å². The predicted molar refractivity (Wildman–Crippen MR) is 126 cm³/mol. The largest absolute Gasteiger partial charge is 0.489 e. The molecule has 0 bridgehead atoms. The quantitative estimate of drug-likeness (QED) is 0.454. The molecule has 1 unspecified atom stereocenters. The summed E-state index contributed by atoms with van der Waals surface area (Å²) in [6, 6.07) is 18.4. The molecule has 1 atom stereocenters. The fourth-order valence-electron chi connectivity index (χ4n) is 5.18. The number of benzene rings is 2. The molecule has 6 nitrogen and oxygen atoms in total. The third kappa shape index (κ3) is 4.96. The van der Waals surface area contributed by atoms with Gasteiger partial charge < -0.3 is 14.4 Å². The minimum Gasteiger partial charge on any atom is -0.489 e. The lowest BCUT2D eigenvalue weighted by Gasteiger charge is -2.46. The van der Waals surface area contributed by atoms with Crippen molar-refractivity contribution in [1.82, 2.24) is 9.80 Å². The summed E-state index contributed by atoms with van der Waals surface area (Å²) in [5.74, 6) is 0.183. The van der Waals surface area contributed by atoms with E-state index >= 15 is 0 Å². The predicted octanol–water partition coefficient (Wildman–Crippen LogP) is 3.81. The van der Waals surface area contributed by atoms with Crippen molar-refractivity contribution < 1.29 is 19.1 Å². The Morgan fingerprint density at radius 2 is 1.79 bits per heavy atom. The molecule has 1 amide bonds. The van der Waals surface area contributed by atoms with Crippen LogP contribution >= 0.6 is 0 Å². The highest BCUT2D eigenvalue weighted by atomic mass is 16.5. The van der Waals surface area contributed by atoms with Gasteiger partial charge in [0.15, 0.2) is 0 Å². The maximum Gasteiger partial charge on any atom is 0.311 e. The topological polar surface area (TPSA) is 59.1 Å². The van der Waals surface area contributed by atoms with Gasteiger partial charge in [-0.2, -0.15) is 0 Å². The summed E-state index contributed by atoms with van der Waals surface area (Å²) in [6.45, 7) is 7.29. The van der Waals surface area contributed by atoms with Gasteiger partial charge in [-0.05, 0) is 36.1 Å². The van der Waals surface area contributed by atoms with Crippen molar-refractivity contribution in [1.29, 1.82) is 0 Å². The van der Waals surface area contributed by atoms with Gasteiger partial charge in [0.2, 0.25) is 5.91 Å². The average molecular weight is 449 g/mol. The standard InChI is InChI=1S/C27H32N2O4/c1-3-15-29-25(30)18-24(26(31)32-2)27(29)13-16-28(17-14-27)19-21-9-11-23(12-10-21)33-20-22-7-5-4-6-8-22/h3-12,24H,1,13-20H2,2H3. The van der Waals surface area contributed by atoms with Crippen LogP contribution in [0.25, 0.3) is 0 Å². The van der Waals surface area contributed by atoms with E-state index in [1.165, 1.54) is 12.7 Å². The molecule has 2 aliphatic rings. The molecule has 0 saturated carbocycles. The zero-order valence-corrected chi connectivity index (χ0v) is 19.2. The van der Waals surface area contributed by atoms with Crippen molar-refractivity contribution in [3.05, 3.63) is 78.4 Å². The Hall–Kier alpha value is -3.12. The van der Waals surface area contributed by atoms with Crippen LogP contribution in [0, 0.1) is 5.92 Å². The molecule has 2 aromatic rings. The smallest absolute Gasteiger partial charge is 0.311 e. The normalized spacial score (nSPS) is 20.1. The van der Waals surface area contributed by atoms with Crippen LogP contribution in [-0.4, -0.2) is 54.0 Å². The summed E-state index contributed by atoms with van der Waals surface area (Å²) in [7, 11) is 1.40. The molecule has 2 aromatic carbocycles. The van der Waals surface area contributed by atoms with Crippen molar-refractivity contribution in [2.24, 2.45) is 5.92 Å². The molecule has 2 heterocycles. The zero-order chi connectivity index (χ0) is 23.3. The van der Waals surface area contributed by atoms with Crippen molar-refractivity contribution in [2.45, 2.75) is 38.0 Å². The lowest BCUT2D eigenvalue weighted by molar-refractivity contribution is -0.150. The van der Waals surface area contributed by atoms with Crippen LogP contribution in [0.1, 0.15) is 30.4 Å². The highest BCUT2D eigenvalue weighted by Gasteiger charge is 2.56. The molecule has 0 N–H and O–H groups in total. The number of rotatable bonds is 8. The minimum atomic E-state index is -0.468. The molecule has 1 spiro atoms. The van der Waals surface area contributed by atoms with Crippen molar-refractivity contribution in [3.8, 4) is 5.75 Å². The number of piperidine rings is 1. The van der Waals surface area contributed by atoms with E-state index in [1.807, 2.05) is 35.2 Å². The number of amides is 1. The van der Waals surface area contributed by atoms with Gasteiger partial charge in [0.1, 0.15) is 12.4 Å². The molecule has 0 aromatic heterocycles. The van der Waals surface area contributed by atoms with Gasteiger partial charge in [-0.1, -0.05) is 48.5 Å². The number of ether oxygens (including phenoxy) is 2. The summed E-state index contributed by atoms with van der Waals surface area (Å²) in [4.78, 5) is 29.4. The van der Waals surface area contributed by atoms with Crippen LogP contribution in [-0.2, 0) is 27.5 Å². The molecule has 33 heavy (non-hydrogen) atoms. The van der Waals surface area contributed by atoms with Gasteiger partial charge in [0.25, 0.3) is 0 Å². The number of methoxy groups -OCH3 is 1. The molecule has 6 heteroatoms. The number of hydrogen-bond donors (Lipinski definition) is 0. The van der Waals surface area contributed by atoms with Gasteiger partial charge in [0.05, 0.1) is 18.6 Å². The van der Waals surface area contributed by atoms with Crippen LogP contribution in [0.15, 0.2) is 67.3 Å². The maximum absolute atomic E-state index is 12.7. The highest BCUT2D eigenvalue weighted by molar-refractivity contribution is 5.89. The second-order valence-corrected chi connectivity index (χ2v) is 8.87. The third-order valence-electron chi connectivity index (χ3n) is 6.96. The fraction of sp³-hybridized carbons (Fsp3) is 0.407. The molecule has 4 rings (SSSR count). The average Bonchev–Trinajstić information content (AvgIpc) is 3.11. The maximum atomic E-state index is 12.7. The first-order chi connectivity index (χ1) is 16.1. The molecule has 2 fully saturated rings. The van der Waals surface area contributed by atoms with Crippen molar-refractivity contribution >= 4 is 11.9 Å². The summed E-state index contributed by atoms with van der Waals surface area (Å²) in [5.41, 5.74) is 1.89. The van der Waals surface area contributed by atoms with Crippen LogP contribution in [0.5, 0.6) is 5.75 Å². The molecular formula is C27H32N2O4. The lowest BCUT2D eigenvalue weighted by Crippen LogP contribution is -2.57. The Morgan fingerprint density at radius 1 is 1.09 bits per heavy atom. The third-order valence-corrected chi connectivity index (χ3v) is 6.96. The van der Waals surface area contributed by atoms with Crippen LogP contribution in [0.4, 0.5) is 0 Å². The first-order valence-electron chi connectivity index (χ1n) is 11.5. The van der Waals surface area contributed by atoms with Gasteiger partial charge in [0, 0.05) is 32.6 Å². The second-order valence-electron chi connectivity index (χ2n) is 8.87. The van der Waals surface area contributed by atoms with Gasteiger partial charge in [-0.15, -0.1) is 6.58 Å². The number of nitrogens with zero attached hydrogens (tertiary/aromatic N) is 2. The number of carbonyl (C=O) groups excluding carboxylic acids is 2. The minimum absolute atomic E-state index is 0.0184. The van der Waals surface area contributed by atoms with E-state index < -0.39 is 11.5 Å². The van der Waals surface area contributed by atoms with E-state index in [0.29, 0.717) is 13.2 Å². The number of likely N-dealkylation sites (tertiary alicyclic amines) is 2. The van der Waals surface area contributed by atoms with Gasteiger partial charge in [-0.3, -0.25) is 14.5 Å².